The first-order valence-electron chi connectivity index (χ1n) is 7.50. The average Bonchev–Trinajstić information content (AvgIpc) is 2.58. The van der Waals surface area contributed by atoms with Crippen LogP contribution in [0.2, 0.25) is 0 Å². The van der Waals surface area contributed by atoms with E-state index in [0.29, 0.717) is 5.71 Å². The minimum absolute atomic E-state index is 0.00425. The summed E-state index contributed by atoms with van der Waals surface area (Å²) in [5.74, 6) is -2.10. The number of nitrogens with zero attached hydrogens (tertiary/aromatic N) is 1. The molecular weight excluding hydrogens is 312 g/mol. The Morgan fingerprint density at radius 1 is 1.17 bits per heavy atom. The number of aliphatic hydroxyl groups is 1. The summed E-state index contributed by atoms with van der Waals surface area (Å²) in [6, 6.07) is 9.36. The van der Waals surface area contributed by atoms with Crippen LogP contribution >= 0.6 is 0 Å². The van der Waals surface area contributed by atoms with Crippen molar-refractivity contribution in [2.45, 2.75) is 26.3 Å². The minimum Gasteiger partial charge on any atom is -0.395 e. The quantitative estimate of drug-likeness (QED) is 0.315. The predicted molar refractivity (Wildman–Crippen MR) is 89.0 cm³/mol. The van der Waals surface area contributed by atoms with Gasteiger partial charge in [-0.25, -0.2) is 5.43 Å². The van der Waals surface area contributed by atoms with Crippen molar-refractivity contribution in [1.82, 2.24) is 16.1 Å². The number of amides is 3. The number of benzene rings is 1. The molecule has 8 heteroatoms. The number of carbonyl (C=O) groups is 3. The molecule has 0 aliphatic heterocycles. The molecule has 1 atom stereocenters. The van der Waals surface area contributed by atoms with Crippen LogP contribution in [-0.4, -0.2) is 41.7 Å². The molecule has 0 saturated heterocycles. The van der Waals surface area contributed by atoms with E-state index in [4.69, 9.17) is 5.11 Å². The Hall–Kier alpha value is -2.74. The maximum absolute atomic E-state index is 11.9. The van der Waals surface area contributed by atoms with Crippen LogP contribution in [0.25, 0.3) is 0 Å². The first kappa shape index (κ1) is 19.3. The summed E-state index contributed by atoms with van der Waals surface area (Å²) in [5, 5.41) is 17.3. The van der Waals surface area contributed by atoms with Crippen molar-refractivity contribution in [1.29, 1.82) is 0 Å². The van der Waals surface area contributed by atoms with E-state index in [0.717, 1.165) is 5.56 Å². The molecule has 0 spiro atoms. The summed E-state index contributed by atoms with van der Waals surface area (Å²) in [7, 11) is 0. The van der Waals surface area contributed by atoms with E-state index in [1.165, 1.54) is 0 Å². The molecule has 0 fully saturated rings. The highest BCUT2D eigenvalue weighted by molar-refractivity contribution is 6.35. The van der Waals surface area contributed by atoms with E-state index < -0.39 is 11.8 Å². The molecule has 0 aliphatic rings. The Labute approximate surface area is 140 Å². The first-order chi connectivity index (χ1) is 11.4. The Bertz CT molecular complexity index is 601. The molecule has 130 valence electrons. The normalized spacial score (nSPS) is 12.2. The number of hydrogen-bond donors (Lipinski definition) is 4. The Morgan fingerprint density at radius 2 is 1.83 bits per heavy atom. The average molecular weight is 334 g/mol. The van der Waals surface area contributed by atoms with Gasteiger partial charge in [0.2, 0.25) is 5.91 Å². The number of hydrogen-bond acceptors (Lipinski definition) is 5. The Morgan fingerprint density at radius 3 is 2.46 bits per heavy atom. The van der Waals surface area contributed by atoms with Gasteiger partial charge in [0.05, 0.1) is 19.1 Å². The summed E-state index contributed by atoms with van der Waals surface area (Å²) >= 11 is 0. The van der Waals surface area contributed by atoms with Crippen molar-refractivity contribution >= 4 is 23.4 Å². The van der Waals surface area contributed by atoms with Gasteiger partial charge >= 0.3 is 11.8 Å². The lowest BCUT2D eigenvalue weighted by Gasteiger charge is -2.14. The second-order valence-electron chi connectivity index (χ2n) is 5.14. The van der Waals surface area contributed by atoms with E-state index in [-0.39, 0.29) is 31.5 Å². The Kier molecular flexibility index (Phi) is 8.14. The lowest BCUT2D eigenvalue weighted by Crippen LogP contribution is -2.39. The monoisotopic (exact) mass is 334 g/mol. The zero-order valence-corrected chi connectivity index (χ0v) is 13.7. The van der Waals surface area contributed by atoms with E-state index in [1.54, 1.807) is 6.92 Å². The van der Waals surface area contributed by atoms with Crippen LogP contribution in [0.5, 0.6) is 0 Å². The molecule has 1 rings (SSSR count). The van der Waals surface area contributed by atoms with Crippen molar-refractivity contribution in [2.75, 3.05) is 13.2 Å². The smallest absolute Gasteiger partial charge is 0.329 e. The number of hydrazone groups is 1. The van der Waals surface area contributed by atoms with E-state index in [1.807, 2.05) is 37.3 Å². The third kappa shape index (κ3) is 7.01. The van der Waals surface area contributed by atoms with Crippen molar-refractivity contribution in [3.8, 4) is 0 Å². The SMILES string of the molecule is CC(CC(=O)NC(C)c1ccccc1)=NNC(=O)C(=O)NCCO. The topological polar surface area (TPSA) is 120 Å². The van der Waals surface area contributed by atoms with Gasteiger partial charge in [-0.05, 0) is 19.4 Å². The highest BCUT2D eigenvalue weighted by atomic mass is 16.3. The summed E-state index contributed by atoms with van der Waals surface area (Å²) in [4.78, 5) is 34.6. The highest BCUT2D eigenvalue weighted by Gasteiger charge is 2.13. The van der Waals surface area contributed by atoms with Gasteiger partial charge in [0.25, 0.3) is 0 Å². The predicted octanol–water partition coefficient (Wildman–Crippen LogP) is -0.145. The third-order valence-corrected chi connectivity index (χ3v) is 3.05. The highest BCUT2D eigenvalue weighted by Crippen LogP contribution is 2.11. The second-order valence-corrected chi connectivity index (χ2v) is 5.14. The lowest BCUT2D eigenvalue weighted by molar-refractivity contribution is -0.139. The molecular formula is C16H22N4O4. The van der Waals surface area contributed by atoms with Crippen LogP contribution in [0, 0.1) is 0 Å². The zero-order chi connectivity index (χ0) is 17.9. The molecule has 0 aliphatic carbocycles. The van der Waals surface area contributed by atoms with Crippen molar-refractivity contribution in [2.24, 2.45) is 5.10 Å². The minimum atomic E-state index is -0.958. The van der Waals surface area contributed by atoms with Crippen molar-refractivity contribution in [3.63, 3.8) is 0 Å². The molecule has 1 aromatic carbocycles. The van der Waals surface area contributed by atoms with Gasteiger partial charge in [-0.3, -0.25) is 14.4 Å². The van der Waals surface area contributed by atoms with Crippen LogP contribution in [0.15, 0.2) is 35.4 Å². The van der Waals surface area contributed by atoms with Crippen LogP contribution in [0.4, 0.5) is 0 Å². The molecule has 8 nitrogen and oxygen atoms in total. The van der Waals surface area contributed by atoms with Gasteiger partial charge in [0, 0.05) is 12.3 Å². The van der Waals surface area contributed by atoms with Gasteiger partial charge in [0.15, 0.2) is 0 Å². The summed E-state index contributed by atoms with van der Waals surface area (Å²) in [6.45, 7) is 3.15. The summed E-state index contributed by atoms with van der Waals surface area (Å²) in [5.41, 5.74) is 3.40. The molecule has 24 heavy (non-hydrogen) atoms. The van der Waals surface area contributed by atoms with E-state index in [9.17, 15) is 14.4 Å². The number of carbonyl (C=O) groups excluding carboxylic acids is 3. The summed E-state index contributed by atoms with van der Waals surface area (Å²) < 4.78 is 0. The van der Waals surface area contributed by atoms with Crippen LogP contribution in [-0.2, 0) is 14.4 Å². The van der Waals surface area contributed by atoms with Crippen LogP contribution in [0.3, 0.4) is 0 Å². The Balaban J connectivity index is 2.43. The number of rotatable bonds is 7. The summed E-state index contributed by atoms with van der Waals surface area (Å²) in [6.07, 6.45) is -0.00425. The zero-order valence-electron chi connectivity index (χ0n) is 13.7. The fraction of sp³-hybridized carbons (Fsp3) is 0.375. The first-order valence-corrected chi connectivity index (χ1v) is 7.50. The van der Waals surface area contributed by atoms with Crippen LogP contribution < -0.4 is 16.1 Å². The maximum Gasteiger partial charge on any atom is 0.329 e. The molecule has 0 heterocycles. The fourth-order valence-corrected chi connectivity index (χ4v) is 1.84. The van der Waals surface area contributed by atoms with Gasteiger partial charge < -0.3 is 15.7 Å². The molecule has 3 amide bonds. The third-order valence-electron chi connectivity index (χ3n) is 3.05. The molecule has 4 N–H and O–H groups in total. The van der Waals surface area contributed by atoms with E-state index >= 15 is 0 Å². The van der Waals surface area contributed by atoms with Gasteiger partial charge in [-0.2, -0.15) is 5.10 Å². The standard InChI is InChI=1S/C16H22N4O4/c1-11(19-20-16(24)15(23)17-8-9-21)10-14(22)18-12(2)13-6-4-3-5-7-13/h3-7,12,21H,8-10H2,1-2H3,(H,17,23)(H,18,22)(H,20,24). The molecule has 1 aromatic rings. The molecule has 0 saturated carbocycles. The van der Waals surface area contributed by atoms with Crippen LogP contribution in [0.1, 0.15) is 31.9 Å². The van der Waals surface area contributed by atoms with Gasteiger partial charge in [-0.1, -0.05) is 30.3 Å². The fourth-order valence-electron chi connectivity index (χ4n) is 1.84. The van der Waals surface area contributed by atoms with Crippen molar-refractivity contribution in [3.05, 3.63) is 35.9 Å². The molecule has 0 radical (unpaired) electrons. The maximum atomic E-state index is 11.9. The molecule has 1 unspecified atom stereocenters. The molecule has 0 bridgehead atoms. The van der Waals surface area contributed by atoms with Crippen molar-refractivity contribution < 1.29 is 19.5 Å². The number of aliphatic hydroxyl groups excluding tert-OH is 1. The molecule has 0 aromatic heterocycles. The second kappa shape index (κ2) is 10.1. The van der Waals surface area contributed by atoms with Gasteiger partial charge in [-0.15, -0.1) is 0 Å². The van der Waals surface area contributed by atoms with Gasteiger partial charge in [0.1, 0.15) is 0 Å². The van der Waals surface area contributed by atoms with E-state index in [2.05, 4.69) is 21.2 Å². The number of nitrogens with one attached hydrogen (secondary N) is 3. The lowest BCUT2D eigenvalue weighted by atomic mass is 10.1. The largest absolute Gasteiger partial charge is 0.395 e.